The van der Waals surface area contributed by atoms with Gasteiger partial charge in [-0.3, -0.25) is 9.59 Å². The zero-order chi connectivity index (χ0) is 25.5. The van der Waals surface area contributed by atoms with Crippen LogP contribution in [0.1, 0.15) is 57.6 Å². The van der Waals surface area contributed by atoms with Crippen LogP contribution in [0, 0.1) is 5.92 Å². The van der Waals surface area contributed by atoms with Gasteiger partial charge in [-0.25, -0.2) is 4.79 Å². The fraction of sp³-hybridized carbons (Fsp3) is 0.464. The van der Waals surface area contributed by atoms with Crippen molar-refractivity contribution in [2.24, 2.45) is 5.92 Å². The average Bonchev–Trinajstić information content (AvgIpc) is 2.87. The number of hydrogen-bond acceptors (Lipinski definition) is 4. The number of rotatable bonds is 14. The van der Waals surface area contributed by atoms with Crippen molar-refractivity contribution >= 4 is 17.9 Å². The molecule has 2 atom stereocenters. The number of unbranched alkanes of at least 4 members (excludes halogenated alkanes) is 1. The van der Waals surface area contributed by atoms with E-state index >= 15 is 0 Å². The molecule has 7 heteroatoms. The summed E-state index contributed by atoms with van der Waals surface area (Å²) in [5, 5.41) is 8.45. The minimum atomic E-state index is -0.812. The molecule has 2 aromatic rings. The highest BCUT2D eigenvalue weighted by atomic mass is 16.5. The Balaban J connectivity index is 1.87. The molecule has 2 aromatic carbocycles. The van der Waals surface area contributed by atoms with E-state index in [0.717, 1.165) is 31.2 Å². The van der Waals surface area contributed by atoms with Gasteiger partial charge in [-0.1, -0.05) is 94.3 Å². The van der Waals surface area contributed by atoms with Gasteiger partial charge in [0, 0.05) is 6.54 Å². The van der Waals surface area contributed by atoms with Crippen LogP contribution in [0.4, 0.5) is 4.79 Å². The van der Waals surface area contributed by atoms with E-state index in [1.54, 1.807) is 0 Å². The molecule has 7 nitrogen and oxygen atoms in total. The summed E-state index contributed by atoms with van der Waals surface area (Å²) >= 11 is 0. The number of alkyl carbamates (subject to hydrolysis) is 1. The van der Waals surface area contributed by atoms with E-state index in [9.17, 15) is 14.4 Å². The second kappa shape index (κ2) is 15.5. The molecule has 0 unspecified atom stereocenters. The van der Waals surface area contributed by atoms with Crippen molar-refractivity contribution in [3.8, 4) is 0 Å². The lowest BCUT2D eigenvalue weighted by molar-refractivity contribution is -0.130. The highest BCUT2D eigenvalue weighted by molar-refractivity contribution is 5.91. The van der Waals surface area contributed by atoms with Gasteiger partial charge >= 0.3 is 6.09 Å². The van der Waals surface area contributed by atoms with Crippen molar-refractivity contribution in [3.05, 3.63) is 71.8 Å². The summed E-state index contributed by atoms with van der Waals surface area (Å²) in [5.41, 5.74) is 2.08. The molecule has 0 saturated carbocycles. The molecule has 0 aliphatic heterocycles. The second-order valence-electron chi connectivity index (χ2n) is 9.01. The standard InChI is InChI=1S/C28H39N3O4/c1-4-5-18-24(26(32)29-19-12-17-22-13-8-6-9-14-22)30-27(33)25(21(2)3)31-28(34)35-20-23-15-10-7-11-16-23/h6-11,13-16,21,24-25H,4-5,12,17-20H2,1-3H3,(H,29,32)(H,30,33)(H,31,34)/t24-,25-/m0/s1. The fourth-order valence-corrected chi connectivity index (χ4v) is 3.64. The summed E-state index contributed by atoms with van der Waals surface area (Å²) in [7, 11) is 0. The van der Waals surface area contributed by atoms with Gasteiger partial charge in [0.25, 0.3) is 0 Å². The van der Waals surface area contributed by atoms with Crippen LogP contribution in [-0.4, -0.2) is 36.5 Å². The predicted molar refractivity (Wildman–Crippen MR) is 138 cm³/mol. The van der Waals surface area contributed by atoms with Crippen LogP contribution in [0.25, 0.3) is 0 Å². The van der Waals surface area contributed by atoms with Crippen molar-refractivity contribution < 1.29 is 19.1 Å². The van der Waals surface area contributed by atoms with E-state index in [0.29, 0.717) is 13.0 Å². The molecule has 0 radical (unpaired) electrons. The summed E-state index contributed by atoms with van der Waals surface area (Å²) in [6.07, 6.45) is 3.27. The molecular weight excluding hydrogens is 442 g/mol. The Kier molecular flexibility index (Phi) is 12.4. The molecule has 0 aliphatic carbocycles. The van der Waals surface area contributed by atoms with Crippen molar-refractivity contribution in [1.82, 2.24) is 16.0 Å². The Morgan fingerprint density at radius 1 is 0.829 bits per heavy atom. The first kappa shape index (κ1) is 27.9. The summed E-state index contributed by atoms with van der Waals surface area (Å²) < 4.78 is 5.27. The minimum absolute atomic E-state index is 0.115. The SMILES string of the molecule is CCCC[C@H](NC(=O)[C@@H](NC(=O)OCc1ccccc1)C(C)C)C(=O)NCCCc1ccccc1. The highest BCUT2D eigenvalue weighted by Gasteiger charge is 2.29. The third-order valence-electron chi connectivity index (χ3n) is 5.70. The monoisotopic (exact) mass is 481 g/mol. The first-order valence-corrected chi connectivity index (χ1v) is 12.5. The largest absolute Gasteiger partial charge is 0.445 e. The summed E-state index contributed by atoms with van der Waals surface area (Å²) in [5.74, 6) is -0.772. The molecule has 0 saturated heterocycles. The van der Waals surface area contributed by atoms with E-state index in [4.69, 9.17) is 4.74 Å². The van der Waals surface area contributed by atoms with E-state index in [2.05, 4.69) is 28.1 Å². The fourth-order valence-electron chi connectivity index (χ4n) is 3.64. The number of ether oxygens (including phenoxy) is 1. The van der Waals surface area contributed by atoms with E-state index < -0.39 is 24.1 Å². The first-order valence-electron chi connectivity index (χ1n) is 12.5. The van der Waals surface area contributed by atoms with Gasteiger partial charge in [0.1, 0.15) is 18.7 Å². The molecule has 35 heavy (non-hydrogen) atoms. The number of hydrogen-bond donors (Lipinski definition) is 3. The van der Waals surface area contributed by atoms with Gasteiger partial charge in [0.2, 0.25) is 11.8 Å². The van der Waals surface area contributed by atoms with E-state index in [-0.39, 0.29) is 18.4 Å². The molecule has 0 aromatic heterocycles. The Hall–Kier alpha value is -3.35. The van der Waals surface area contributed by atoms with Crippen LogP contribution in [0.3, 0.4) is 0 Å². The maximum atomic E-state index is 13.0. The molecule has 3 N–H and O–H groups in total. The second-order valence-corrected chi connectivity index (χ2v) is 9.01. The van der Waals surface area contributed by atoms with E-state index in [1.807, 2.05) is 69.3 Å². The van der Waals surface area contributed by atoms with Crippen LogP contribution in [-0.2, 0) is 27.4 Å². The van der Waals surface area contributed by atoms with Gasteiger partial charge < -0.3 is 20.7 Å². The smallest absolute Gasteiger partial charge is 0.408 e. The highest BCUT2D eigenvalue weighted by Crippen LogP contribution is 2.08. The number of benzene rings is 2. The molecule has 0 aliphatic rings. The summed E-state index contributed by atoms with van der Waals surface area (Å²) in [6.45, 7) is 6.37. The first-order chi connectivity index (χ1) is 16.9. The maximum Gasteiger partial charge on any atom is 0.408 e. The number of aryl methyl sites for hydroxylation is 1. The molecule has 0 spiro atoms. The van der Waals surface area contributed by atoms with Gasteiger partial charge in [0.05, 0.1) is 0 Å². The van der Waals surface area contributed by atoms with Crippen LogP contribution in [0.15, 0.2) is 60.7 Å². The minimum Gasteiger partial charge on any atom is -0.445 e. The molecule has 0 fully saturated rings. The Labute approximate surface area is 209 Å². The number of nitrogens with one attached hydrogen (secondary N) is 3. The summed E-state index contributed by atoms with van der Waals surface area (Å²) in [6, 6.07) is 18.0. The Bertz CT molecular complexity index is 903. The van der Waals surface area contributed by atoms with Crippen LogP contribution >= 0.6 is 0 Å². The number of amides is 3. The maximum absolute atomic E-state index is 13.0. The topological polar surface area (TPSA) is 96.5 Å². The van der Waals surface area contributed by atoms with Gasteiger partial charge in [0.15, 0.2) is 0 Å². The number of carbonyl (C=O) groups excluding carboxylic acids is 3. The molecule has 2 rings (SSSR count). The lowest BCUT2D eigenvalue weighted by atomic mass is 10.0. The van der Waals surface area contributed by atoms with Gasteiger partial charge in [-0.15, -0.1) is 0 Å². The Morgan fingerprint density at radius 3 is 2.06 bits per heavy atom. The predicted octanol–water partition coefficient (Wildman–Crippen LogP) is 4.36. The van der Waals surface area contributed by atoms with Crippen LogP contribution in [0.5, 0.6) is 0 Å². The molecular formula is C28H39N3O4. The third kappa shape index (κ3) is 10.6. The molecule has 3 amide bonds. The molecule has 0 heterocycles. The summed E-state index contributed by atoms with van der Waals surface area (Å²) in [4.78, 5) is 38.2. The van der Waals surface area contributed by atoms with Crippen molar-refractivity contribution in [2.45, 2.75) is 71.6 Å². The zero-order valence-electron chi connectivity index (χ0n) is 21.1. The van der Waals surface area contributed by atoms with Crippen molar-refractivity contribution in [3.63, 3.8) is 0 Å². The van der Waals surface area contributed by atoms with Gasteiger partial charge in [-0.05, 0) is 36.3 Å². The quantitative estimate of drug-likeness (QED) is 0.349. The molecule has 190 valence electrons. The lowest BCUT2D eigenvalue weighted by Crippen LogP contribution is -2.55. The lowest BCUT2D eigenvalue weighted by Gasteiger charge is -2.25. The average molecular weight is 482 g/mol. The van der Waals surface area contributed by atoms with Crippen LogP contribution in [0.2, 0.25) is 0 Å². The zero-order valence-corrected chi connectivity index (χ0v) is 21.1. The normalized spacial score (nSPS) is 12.5. The van der Waals surface area contributed by atoms with Crippen molar-refractivity contribution in [1.29, 1.82) is 0 Å². The Morgan fingerprint density at radius 2 is 1.46 bits per heavy atom. The molecule has 0 bridgehead atoms. The van der Waals surface area contributed by atoms with E-state index in [1.165, 1.54) is 5.56 Å². The third-order valence-corrected chi connectivity index (χ3v) is 5.70. The van der Waals surface area contributed by atoms with Crippen molar-refractivity contribution in [2.75, 3.05) is 6.54 Å². The van der Waals surface area contributed by atoms with Crippen LogP contribution < -0.4 is 16.0 Å². The number of carbonyl (C=O) groups is 3. The van der Waals surface area contributed by atoms with Gasteiger partial charge in [-0.2, -0.15) is 0 Å².